The van der Waals surface area contributed by atoms with Crippen molar-refractivity contribution in [1.29, 1.82) is 0 Å². The van der Waals surface area contributed by atoms with Crippen molar-refractivity contribution in [3.8, 4) is 5.75 Å². The molecule has 0 saturated heterocycles. The number of hydrogen-bond donors (Lipinski definition) is 0. The summed E-state index contributed by atoms with van der Waals surface area (Å²) in [5, 5.41) is 0. The van der Waals surface area contributed by atoms with E-state index < -0.39 is 0 Å². The third-order valence-electron chi connectivity index (χ3n) is 2.33. The highest BCUT2D eigenvalue weighted by atomic mass is 17.2. The van der Waals surface area contributed by atoms with E-state index >= 15 is 0 Å². The van der Waals surface area contributed by atoms with Crippen LogP contribution in [0.2, 0.25) is 0 Å². The van der Waals surface area contributed by atoms with Crippen molar-refractivity contribution in [2.75, 3.05) is 7.11 Å². The molecule has 0 bridgehead atoms. The molecule has 2 aromatic rings. The summed E-state index contributed by atoms with van der Waals surface area (Å²) in [5.74, 6) is 0.698. The first-order valence-corrected chi connectivity index (χ1v) is 5.42. The maximum atomic E-state index is 4.90. The molecule has 2 nitrogen and oxygen atoms in total. The third-order valence-corrected chi connectivity index (χ3v) is 2.33. The SMILES string of the molecule is COOc1ccc(/C=C/c2ccccc2)cc1. The van der Waals surface area contributed by atoms with Gasteiger partial charge in [-0.05, 0) is 23.3 Å². The van der Waals surface area contributed by atoms with Crippen LogP contribution in [0.15, 0.2) is 54.6 Å². The van der Waals surface area contributed by atoms with Crippen LogP contribution in [0.5, 0.6) is 5.75 Å². The fraction of sp³-hybridized carbons (Fsp3) is 0.0667. The summed E-state index contributed by atoms with van der Waals surface area (Å²) in [6.45, 7) is 0. The molecule has 0 aliphatic rings. The Morgan fingerprint density at radius 2 is 1.35 bits per heavy atom. The minimum Gasteiger partial charge on any atom is -0.338 e. The number of benzene rings is 2. The Balaban J connectivity index is 2.06. The number of rotatable bonds is 4. The second-order valence-corrected chi connectivity index (χ2v) is 3.56. The fourth-order valence-electron chi connectivity index (χ4n) is 1.49. The smallest absolute Gasteiger partial charge is 0.165 e. The van der Waals surface area contributed by atoms with Crippen LogP contribution < -0.4 is 4.89 Å². The van der Waals surface area contributed by atoms with E-state index in [0.29, 0.717) is 5.75 Å². The van der Waals surface area contributed by atoms with Gasteiger partial charge in [0, 0.05) is 0 Å². The molecule has 0 saturated carbocycles. The van der Waals surface area contributed by atoms with Crippen molar-refractivity contribution in [2.24, 2.45) is 0 Å². The molecule has 0 unspecified atom stereocenters. The minimum atomic E-state index is 0.698. The van der Waals surface area contributed by atoms with Gasteiger partial charge in [-0.15, -0.1) is 0 Å². The molecule has 0 aromatic heterocycles. The molecule has 0 amide bonds. The molecule has 0 spiro atoms. The molecule has 2 heteroatoms. The second kappa shape index (κ2) is 5.87. The third kappa shape index (κ3) is 3.47. The van der Waals surface area contributed by atoms with Gasteiger partial charge in [-0.2, -0.15) is 4.89 Å². The van der Waals surface area contributed by atoms with Gasteiger partial charge in [0.1, 0.15) is 0 Å². The van der Waals surface area contributed by atoms with E-state index in [1.807, 2.05) is 42.5 Å². The molecule has 0 aliphatic carbocycles. The quantitative estimate of drug-likeness (QED) is 0.448. The maximum Gasteiger partial charge on any atom is 0.165 e. The first kappa shape index (κ1) is 11.4. The van der Waals surface area contributed by atoms with Gasteiger partial charge in [0.05, 0.1) is 7.11 Å². The highest BCUT2D eigenvalue weighted by Gasteiger charge is 1.92. The molecule has 0 N–H and O–H groups in total. The summed E-state index contributed by atoms with van der Waals surface area (Å²) in [4.78, 5) is 9.48. The molecule has 86 valence electrons. The molecule has 0 aliphatic heterocycles. The average Bonchev–Trinajstić information content (AvgIpc) is 2.40. The minimum absolute atomic E-state index is 0.698. The van der Waals surface area contributed by atoms with Crippen molar-refractivity contribution in [3.63, 3.8) is 0 Å². The Morgan fingerprint density at radius 1 is 0.765 bits per heavy atom. The molecular formula is C15H14O2. The zero-order chi connectivity index (χ0) is 11.9. The lowest BCUT2D eigenvalue weighted by Crippen LogP contribution is -1.89. The normalized spacial score (nSPS) is 10.6. The monoisotopic (exact) mass is 226 g/mol. The summed E-state index contributed by atoms with van der Waals surface area (Å²) in [7, 11) is 1.49. The summed E-state index contributed by atoms with van der Waals surface area (Å²) in [6.07, 6.45) is 4.14. The van der Waals surface area contributed by atoms with E-state index in [1.165, 1.54) is 12.7 Å². The van der Waals surface area contributed by atoms with Crippen LogP contribution in [0.4, 0.5) is 0 Å². The lowest BCUT2D eigenvalue weighted by molar-refractivity contribution is -0.178. The van der Waals surface area contributed by atoms with Gasteiger partial charge in [0.15, 0.2) is 5.75 Å². The molecule has 17 heavy (non-hydrogen) atoms. The van der Waals surface area contributed by atoms with Crippen LogP contribution in [0.25, 0.3) is 12.2 Å². The van der Waals surface area contributed by atoms with Gasteiger partial charge in [-0.25, -0.2) is 0 Å². The zero-order valence-electron chi connectivity index (χ0n) is 9.67. The standard InChI is InChI=1S/C15H14O2/c1-16-17-15-11-9-14(10-12-15)8-7-13-5-3-2-4-6-13/h2-12H,1H3/b8-7+. The summed E-state index contributed by atoms with van der Waals surface area (Å²) >= 11 is 0. The van der Waals surface area contributed by atoms with E-state index in [-0.39, 0.29) is 0 Å². The van der Waals surface area contributed by atoms with E-state index in [9.17, 15) is 0 Å². The Morgan fingerprint density at radius 3 is 1.94 bits per heavy atom. The Bertz CT molecular complexity index is 472. The Kier molecular flexibility index (Phi) is 3.95. The highest BCUT2D eigenvalue weighted by molar-refractivity contribution is 5.69. The topological polar surface area (TPSA) is 18.5 Å². The average molecular weight is 226 g/mol. The van der Waals surface area contributed by atoms with Crippen molar-refractivity contribution >= 4 is 12.2 Å². The van der Waals surface area contributed by atoms with Crippen LogP contribution in [-0.4, -0.2) is 7.11 Å². The second-order valence-electron chi connectivity index (χ2n) is 3.56. The van der Waals surface area contributed by atoms with Crippen LogP contribution in [-0.2, 0) is 4.89 Å². The Labute approximate surface area is 101 Å². The highest BCUT2D eigenvalue weighted by Crippen LogP contribution is 2.14. The first-order valence-electron chi connectivity index (χ1n) is 5.42. The first-order chi connectivity index (χ1) is 8.38. The summed E-state index contributed by atoms with van der Waals surface area (Å²) in [6, 6.07) is 17.9. The Hall–Kier alpha value is -2.06. The van der Waals surface area contributed by atoms with Crippen LogP contribution >= 0.6 is 0 Å². The maximum absolute atomic E-state index is 4.90. The van der Waals surface area contributed by atoms with Gasteiger partial charge in [-0.3, -0.25) is 0 Å². The predicted octanol–water partition coefficient (Wildman–Crippen LogP) is 3.80. The molecular weight excluding hydrogens is 212 g/mol. The van der Waals surface area contributed by atoms with Gasteiger partial charge in [-0.1, -0.05) is 54.6 Å². The van der Waals surface area contributed by atoms with Crippen molar-refractivity contribution < 1.29 is 9.78 Å². The van der Waals surface area contributed by atoms with Gasteiger partial charge >= 0.3 is 0 Å². The molecule has 0 heterocycles. The van der Waals surface area contributed by atoms with Crippen molar-refractivity contribution in [1.82, 2.24) is 0 Å². The van der Waals surface area contributed by atoms with E-state index in [2.05, 4.69) is 29.2 Å². The van der Waals surface area contributed by atoms with Gasteiger partial charge in [0.25, 0.3) is 0 Å². The molecule has 0 radical (unpaired) electrons. The van der Waals surface area contributed by atoms with Crippen LogP contribution in [0.1, 0.15) is 11.1 Å². The largest absolute Gasteiger partial charge is 0.338 e. The van der Waals surface area contributed by atoms with Crippen molar-refractivity contribution in [2.45, 2.75) is 0 Å². The van der Waals surface area contributed by atoms with E-state index in [4.69, 9.17) is 4.89 Å². The predicted molar refractivity (Wildman–Crippen MR) is 69.4 cm³/mol. The van der Waals surface area contributed by atoms with Crippen LogP contribution in [0, 0.1) is 0 Å². The molecule has 2 aromatic carbocycles. The van der Waals surface area contributed by atoms with Crippen molar-refractivity contribution in [3.05, 3.63) is 65.7 Å². The lowest BCUT2D eigenvalue weighted by Gasteiger charge is -2.00. The number of hydrogen-bond acceptors (Lipinski definition) is 2. The van der Waals surface area contributed by atoms with Crippen LogP contribution in [0.3, 0.4) is 0 Å². The summed E-state index contributed by atoms with van der Waals surface area (Å²) in [5.41, 5.74) is 2.31. The van der Waals surface area contributed by atoms with E-state index in [1.54, 1.807) is 0 Å². The van der Waals surface area contributed by atoms with Gasteiger partial charge in [0.2, 0.25) is 0 Å². The zero-order valence-corrected chi connectivity index (χ0v) is 9.67. The molecule has 0 fully saturated rings. The van der Waals surface area contributed by atoms with E-state index in [0.717, 1.165) is 5.56 Å². The lowest BCUT2D eigenvalue weighted by atomic mass is 10.1. The fourth-order valence-corrected chi connectivity index (χ4v) is 1.49. The van der Waals surface area contributed by atoms with Gasteiger partial charge < -0.3 is 4.89 Å². The molecule has 2 rings (SSSR count). The molecule has 0 atom stereocenters. The summed E-state index contributed by atoms with van der Waals surface area (Å²) < 4.78 is 0.